The van der Waals surface area contributed by atoms with E-state index in [-0.39, 0.29) is 18.2 Å². The normalized spacial score (nSPS) is 16.9. The molecule has 1 saturated heterocycles. The summed E-state index contributed by atoms with van der Waals surface area (Å²) in [6, 6.07) is 12.7. The smallest absolute Gasteiger partial charge is 0.408 e. The minimum absolute atomic E-state index is 0.0611. The molecule has 3 aromatic rings. The van der Waals surface area contributed by atoms with E-state index in [2.05, 4.69) is 17.2 Å². The molecule has 4 rings (SSSR count). The highest BCUT2D eigenvalue weighted by Crippen LogP contribution is 2.27. The molecule has 27 heavy (non-hydrogen) atoms. The number of rotatable bonds is 4. The second kappa shape index (κ2) is 6.75. The largest absolute Gasteiger partial charge is 0.417 e. The van der Waals surface area contributed by atoms with Crippen LogP contribution in [0.1, 0.15) is 18.9 Å². The summed E-state index contributed by atoms with van der Waals surface area (Å²) in [6.07, 6.45) is 1.11. The number of nitrogens with zero attached hydrogens (tertiary/aromatic N) is 1. The molecule has 0 spiro atoms. The van der Waals surface area contributed by atoms with Crippen molar-refractivity contribution in [3.8, 4) is 0 Å². The van der Waals surface area contributed by atoms with Gasteiger partial charge in [-0.3, -0.25) is 14.6 Å². The third-order valence-corrected chi connectivity index (χ3v) is 4.84. The summed E-state index contributed by atoms with van der Waals surface area (Å²) in [7, 11) is 0. The Balaban J connectivity index is 1.47. The molecule has 1 aliphatic rings. The van der Waals surface area contributed by atoms with E-state index in [0.29, 0.717) is 23.3 Å². The lowest BCUT2D eigenvalue weighted by molar-refractivity contribution is -0.122. The standard InChI is InChI=1S/C20H19N3O4/c1-2-12-3-6-15(7-4-12)23-11-13(9-18(23)24)19(25)21-14-5-8-17-16(10-14)22-20(26)27-17/h3-8,10,13H,2,9,11H2,1H3,(H,21,25)(H,22,26). The SMILES string of the molecule is CCc1ccc(N2CC(C(=O)Nc3ccc4oc(=O)[nH]c4c3)CC2=O)cc1. The number of nitrogens with one attached hydrogen (secondary N) is 2. The van der Waals surface area contributed by atoms with Gasteiger partial charge in [0.25, 0.3) is 0 Å². The van der Waals surface area contributed by atoms with Crippen LogP contribution in [-0.2, 0) is 16.0 Å². The summed E-state index contributed by atoms with van der Waals surface area (Å²) in [6.45, 7) is 2.42. The van der Waals surface area contributed by atoms with Gasteiger partial charge in [0.1, 0.15) is 0 Å². The molecule has 2 N–H and O–H groups in total. The summed E-state index contributed by atoms with van der Waals surface area (Å²) >= 11 is 0. The van der Waals surface area contributed by atoms with E-state index >= 15 is 0 Å². The van der Waals surface area contributed by atoms with Crippen molar-refractivity contribution in [2.24, 2.45) is 5.92 Å². The third kappa shape index (κ3) is 3.36. The average molecular weight is 365 g/mol. The number of aromatic nitrogens is 1. The van der Waals surface area contributed by atoms with Crippen molar-refractivity contribution >= 4 is 34.3 Å². The van der Waals surface area contributed by atoms with Gasteiger partial charge in [0.2, 0.25) is 11.8 Å². The maximum Gasteiger partial charge on any atom is 0.417 e. The molecule has 0 saturated carbocycles. The predicted octanol–water partition coefficient (Wildman–Crippen LogP) is 2.68. The van der Waals surface area contributed by atoms with Crippen LogP contribution in [0, 0.1) is 5.92 Å². The molecule has 0 radical (unpaired) electrons. The summed E-state index contributed by atoms with van der Waals surface area (Å²) in [5.74, 6) is -1.25. The molecule has 7 nitrogen and oxygen atoms in total. The van der Waals surface area contributed by atoms with Gasteiger partial charge in [0.05, 0.1) is 11.4 Å². The first-order valence-electron chi connectivity index (χ1n) is 8.86. The number of carbonyl (C=O) groups excluding carboxylic acids is 2. The number of hydrogen-bond acceptors (Lipinski definition) is 4. The van der Waals surface area contributed by atoms with Crippen LogP contribution in [0.2, 0.25) is 0 Å². The fraction of sp³-hybridized carbons (Fsp3) is 0.250. The zero-order valence-corrected chi connectivity index (χ0v) is 14.8. The fourth-order valence-corrected chi connectivity index (χ4v) is 3.32. The summed E-state index contributed by atoms with van der Waals surface area (Å²) in [5, 5.41) is 2.81. The zero-order chi connectivity index (χ0) is 19.0. The van der Waals surface area contributed by atoms with Gasteiger partial charge >= 0.3 is 5.76 Å². The maximum atomic E-state index is 12.6. The molecule has 2 amide bonds. The summed E-state index contributed by atoms with van der Waals surface area (Å²) in [5.41, 5.74) is 3.49. The highest BCUT2D eigenvalue weighted by molar-refractivity contribution is 6.03. The number of aryl methyl sites for hydroxylation is 1. The Hall–Kier alpha value is -3.35. The van der Waals surface area contributed by atoms with Crippen molar-refractivity contribution in [3.05, 3.63) is 58.6 Å². The molecule has 1 atom stereocenters. The molecular formula is C20H19N3O4. The van der Waals surface area contributed by atoms with Gasteiger partial charge in [-0.25, -0.2) is 4.79 Å². The Labute approximate surface area is 155 Å². The Morgan fingerprint density at radius 2 is 2.00 bits per heavy atom. The molecular weight excluding hydrogens is 346 g/mol. The van der Waals surface area contributed by atoms with E-state index in [1.165, 1.54) is 5.56 Å². The average Bonchev–Trinajstić information content (AvgIpc) is 3.23. The van der Waals surface area contributed by atoms with E-state index in [0.717, 1.165) is 12.1 Å². The lowest BCUT2D eigenvalue weighted by Gasteiger charge is -2.17. The number of aromatic amines is 1. The van der Waals surface area contributed by atoms with Crippen molar-refractivity contribution in [2.45, 2.75) is 19.8 Å². The van der Waals surface area contributed by atoms with E-state index in [4.69, 9.17) is 4.42 Å². The Kier molecular flexibility index (Phi) is 4.27. The maximum absolute atomic E-state index is 12.6. The lowest BCUT2D eigenvalue weighted by Crippen LogP contribution is -2.28. The van der Waals surface area contributed by atoms with Crippen LogP contribution in [0.4, 0.5) is 11.4 Å². The molecule has 7 heteroatoms. The fourth-order valence-electron chi connectivity index (χ4n) is 3.32. The number of benzene rings is 2. The topological polar surface area (TPSA) is 95.4 Å². The lowest BCUT2D eigenvalue weighted by atomic mass is 10.1. The minimum atomic E-state index is -0.542. The van der Waals surface area contributed by atoms with Crippen LogP contribution < -0.4 is 16.0 Å². The number of hydrogen-bond donors (Lipinski definition) is 2. The minimum Gasteiger partial charge on any atom is -0.408 e. The number of H-pyrrole nitrogens is 1. The van der Waals surface area contributed by atoms with Crippen LogP contribution in [0.15, 0.2) is 51.7 Å². The van der Waals surface area contributed by atoms with Gasteiger partial charge in [0, 0.05) is 24.3 Å². The highest BCUT2D eigenvalue weighted by Gasteiger charge is 2.35. The van der Waals surface area contributed by atoms with Crippen molar-refractivity contribution in [3.63, 3.8) is 0 Å². The molecule has 2 aromatic carbocycles. The van der Waals surface area contributed by atoms with Gasteiger partial charge in [-0.1, -0.05) is 19.1 Å². The van der Waals surface area contributed by atoms with Crippen LogP contribution >= 0.6 is 0 Å². The summed E-state index contributed by atoms with van der Waals surface area (Å²) < 4.78 is 4.95. The first-order chi connectivity index (χ1) is 13.0. The zero-order valence-electron chi connectivity index (χ0n) is 14.8. The van der Waals surface area contributed by atoms with Crippen molar-refractivity contribution in [1.29, 1.82) is 0 Å². The second-order valence-electron chi connectivity index (χ2n) is 6.64. The van der Waals surface area contributed by atoms with Crippen molar-refractivity contribution < 1.29 is 14.0 Å². The number of amides is 2. The van der Waals surface area contributed by atoms with Crippen LogP contribution in [0.25, 0.3) is 11.1 Å². The third-order valence-electron chi connectivity index (χ3n) is 4.84. The van der Waals surface area contributed by atoms with E-state index in [1.54, 1.807) is 23.1 Å². The van der Waals surface area contributed by atoms with E-state index in [9.17, 15) is 14.4 Å². The molecule has 1 unspecified atom stereocenters. The molecule has 1 fully saturated rings. The van der Waals surface area contributed by atoms with Crippen LogP contribution in [0.5, 0.6) is 0 Å². The Bertz CT molecular complexity index is 1060. The van der Waals surface area contributed by atoms with Crippen molar-refractivity contribution in [1.82, 2.24) is 4.98 Å². The van der Waals surface area contributed by atoms with Gasteiger partial charge in [-0.15, -0.1) is 0 Å². The van der Waals surface area contributed by atoms with Crippen LogP contribution in [0.3, 0.4) is 0 Å². The molecule has 1 aliphatic heterocycles. The van der Waals surface area contributed by atoms with E-state index < -0.39 is 11.7 Å². The monoisotopic (exact) mass is 365 g/mol. The van der Waals surface area contributed by atoms with Gasteiger partial charge in [-0.05, 0) is 42.3 Å². The molecule has 0 aliphatic carbocycles. The predicted molar refractivity (Wildman–Crippen MR) is 102 cm³/mol. The highest BCUT2D eigenvalue weighted by atomic mass is 16.4. The first-order valence-corrected chi connectivity index (χ1v) is 8.86. The molecule has 2 heterocycles. The molecule has 0 bridgehead atoms. The van der Waals surface area contributed by atoms with Gasteiger partial charge in [-0.2, -0.15) is 0 Å². The Morgan fingerprint density at radius 1 is 1.22 bits per heavy atom. The number of anilines is 2. The van der Waals surface area contributed by atoms with Crippen molar-refractivity contribution in [2.75, 3.05) is 16.8 Å². The Morgan fingerprint density at radius 3 is 2.74 bits per heavy atom. The quantitative estimate of drug-likeness (QED) is 0.743. The van der Waals surface area contributed by atoms with Crippen LogP contribution in [-0.4, -0.2) is 23.3 Å². The van der Waals surface area contributed by atoms with Gasteiger partial charge in [0.15, 0.2) is 5.58 Å². The number of carbonyl (C=O) groups is 2. The summed E-state index contributed by atoms with van der Waals surface area (Å²) in [4.78, 5) is 40.4. The van der Waals surface area contributed by atoms with Gasteiger partial charge < -0.3 is 14.6 Å². The number of fused-ring (bicyclic) bond motifs is 1. The molecule has 1 aromatic heterocycles. The number of oxazole rings is 1. The first kappa shape index (κ1) is 17.1. The second-order valence-corrected chi connectivity index (χ2v) is 6.64. The molecule has 138 valence electrons. The van der Waals surface area contributed by atoms with E-state index in [1.807, 2.05) is 24.3 Å².